The number of thiophene rings is 1. The Kier molecular flexibility index (Phi) is 6.20. The highest BCUT2D eigenvalue weighted by Gasteiger charge is 2.18. The van der Waals surface area contributed by atoms with Crippen molar-refractivity contribution in [1.29, 1.82) is 0 Å². The number of hydrogen-bond acceptors (Lipinski definition) is 8. The van der Waals surface area contributed by atoms with Gasteiger partial charge in [-0.2, -0.15) is 5.10 Å². The summed E-state index contributed by atoms with van der Waals surface area (Å²) in [5.74, 6) is 0.803. The molecule has 0 aromatic carbocycles. The van der Waals surface area contributed by atoms with E-state index in [4.69, 9.17) is 4.98 Å². The van der Waals surface area contributed by atoms with Gasteiger partial charge in [0.15, 0.2) is 17.3 Å². The lowest BCUT2D eigenvalue weighted by atomic mass is 10.1. The molecule has 11 heteroatoms. The van der Waals surface area contributed by atoms with Crippen molar-refractivity contribution in [1.82, 2.24) is 35.1 Å². The van der Waals surface area contributed by atoms with E-state index in [1.807, 2.05) is 44.2 Å². The van der Waals surface area contributed by atoms with Gasteiger partial charge in [0.05, 0.1) is 39.7 Å². The molecule has 6 rings (SSSR count). The minimum atomic E-state index is -0.0533. The topological polar surface area (TPSA) is 142 Å². The number of pyridine rings is 3. The van der Waals surface area contributed by atoms with Crippen LogP contribution in [0.3, 0.4) is 0 Å². The quantitative estimate of drug-likeness (QED) is 0.216. The van der Waals surface area contributed by atoms with Gasteiger partial charge in [0.2, 0.25) is 5.91 Å². The molecule has 0 aliphatic carbocycles. The maximum Gasteiger partial charge on any atom is 0.224 e. The van der Waals surface area contributed by atoms with Gasteiger partial charge in [-0.05, 0) is 43.2 Å². The number of aromatic nitrogens is 7. The summed E-state index contributed by atoms with van der Waals surface area (Å²) in [5.41, 5.74) is 5.68. The number of Topliss-reactive ketones (excluding diaryl/α,β-unsaturated/α-hetero) is 1. The van der Waals surface area contributed by atoms with Crippen LogP contribution in [0.25, 0.3) is 55.3 Å². The third-order valence-corrected chi connectivity index (χ3v) is 7.41. The van der Waals surface area contributed by atoms with Crippen LogP contribution in [0.2, 0.25) is 0 Å². The molecule has 0 spiro atoms. The Labute approximate surface area is 227 Å². The molecule has 0 radical (unpaired) electrons. The number of fused-ring (bicyclic) bond motifs is 2. The number of carbonyl (C=O) groups is 2. The van der Waals surface area contributed by atoms with E-state index in [-0.39, 0.29) is 17.6 Å². The largest absolute Gasteiger partial charge is 0.335 e. The Morgan fingerprint density at radius 2 is 1.95 bits per heavy atom. The van der Waals surface area contributed by atoms with Gasteiger partial charge in [-0.25, -0.2) is 9.97 Å². The van der Waals surface area contributed by atoms with Gasteiger partial charge in [-0.1, -0.05) is 13.8 Å². The number of anilines is 1. The standard InChI is InChI=1S/C28H24N8O2S/c1-14(2)8-24(38)32-17-9-16(11-29-12-17)20-10-19-21(13-31-20)35-36-26(19)28-33-25-18(6-7-30-27(25)34-28)23-5-4-22(39-23)15(3)37/h4-7,9-14H,8H2,1-3H3,(H,32,38)(H,35,36)(H,30,33,34). The molecule has 0 bridgehead atoms. The Morgan fingerprint density at radius 3 is 2.74 bits per heavy atom. The molecule has 194 valence electrons. The van der Waals surface area contributed by atoms with Crippen LogP contribution in [0.4, 0.5) is 5.69 Å². The van der Waals surface area contributed by atoms with Gasteiger partial charge in [0, 0.05) is 40.2 Å². The summed E-state index contributed by atoms with van der Waals surface area (Å²) in [6.45, 7) is 5.57. The van der Waals surface area contributed by atoms with Crippen LogP contribution in [0.5, 0.6) is 0 Å². The smallest absolute Gasteiger partial charge is 0.224 e. The molecular formula is C28H24N8O2S. The number of aromatic amines is 2. The third kappa shape index (κ3) is 4.79. The average molecular weight is 537 g/mol. The zero-order valence-electron chi connectivity index (χ0n) is 21.4. The minimum Gasteiger partial charge on any atom is -0.335 e. The molecule has 0 aliphatic rings. The summed E-state index contributed by atoms with van der Waals surface area (Å²) < 4.78 is 0. The van der Waals surface area contributed by atoms with Crippen molar-refractivity contribution in [2.45, 2.75) is 27.2 Å². The van der Waals surface area contributed by atoms with Gasteiger partial charge in [0.25, 0.3) is 0 Å². The molecule has 0 aliphatic heterocycles. The van der Waals surface area contributed by atoms with Crippen molar-refractivity contribution < 1.29 is 9.59 Å². The number of amides is 1. The lowest BCUT2D eigenvalue weighted by Crippen LogP contribution is -2.13. The zero-order chi connectivity index (χ0) is 27.1. The SMILES string of the molecule is CC(=O)c1ccc(-c2ccnc3nc(-c4n[nH]c5cnc(-c6cncc(NC(=O)CC(C)C)c6)cc45)[nH]c23)s1. The highest BCUT2D eigenvalue weighted by Crippen LogP contribution is 2.35. The number of carbonyl (C=O) groups excluding carboxylic acids is 2. The fraction of sp³-hybridized carbons (Fsp3) is 0.179. The van der Waals surface area contributed by atoms with Crippen LogP contribution in [-0.4, -0.2) is 46.8 Å². The molecule has 0 unspecified atom stereocenters. The Hall–Kier alpha value is -4.77. The van der Waals surface area contributed by atoms with E-state index in [2.05, 4.69) is 35.5 Å². The predicted octanol–water partition coefficient (Wildman–Crippen LogP) is 5.87. The predicted molar refractivity (Wildman–Crippen MR) is 151 cm³/mol. The fourth-order valence-electron chi connectivity index (χ4n) is 4.39. The number of nitrogens with one attached hydrogen (secondary N) is 3. The summed E-state index contributed by atoms with van der Waals surface area (Å²) in [4.78, 5) is 47.1. The van der Waals surface area contributed by atoms with Crippen molar-refractivity contribution in [2.75, 3.05) is 5.32 Å². The molecule has 1 amide bonds. The van der Waals surface area contributed by atoms with Crippen LogP contribution >= 0.6 is 11.3 Å². The first-order chi connectivity index (χ1) is 18.9. The average Bonchev–Trinajstić information content (AvgIpc) is 3.65. The lowest BCUT2D eigenvalue weighted by Gasteiger charge is -2.08. The summed E-state index contributed by atoms with van der Waals surface area (Å²) in [6.07, 6.45) is 7.19. The summed E-state index contributed by atoms with van der Waals surface area (Å²) >= 11 is 1.44. The minimum absolute atomic E-state index is 0.0351. The van der Waals surface area contributed by atoms with Crippen LogP contribution in [0, 0.1) is 5.92 Å². The van der Waals surface area contributed by atoms with Gasteiger partial charge in [-0.15, -0.1) is 11.3 Å². The van der Waals surface area contributed by atoms with Crippen LogP contribution in [-0.2, 0) is 4.79 Å². The van der Waals surface area contributed by atoms with Gasteiger partial charge in [0.1, 0.15) is 5.69 Å². The molecule has 39 heavy (non-hydrogen) atoms. The van der Waals surface area contributed by atoms with E-state index in [9.17, 15) is 9.59 Å². The first-order valence-electron chi connectivity index (χ1n) is 12.4. The van der Waals surface area contributed by atoms with E-state index in [1.165, 1.54) is 11.3 Å². The van der Waals surface area contributed by atoms with Gasteiger partial charge < -0.3 is 10.3 Å². The van der Waals surface area contributed by atoms with E-state index in [1.54, 1.807) is 31.7 Å². The van der Waals surface area contributed by atoms with Gasteiger partial charge >= 0.3 is 0 Å². The van der Waals surface area contributed by atoms with Gasteiger partial charge in [-0.3, -0.25) is 24.7 Å². The maximum atomic E-state index is 12.2. The number of nitrogens with zero attached hydrogens (tertiary/aromatic N) is 5. The first-order valence-corrected chi connectivity index (χ1v) is 13.2. The van der Waals surface area contributed by atoms with Crippen molar-refractivity contribution in [3.8, 4) is 33.2 Å². The molecule has 6 aromatic rings. The number of imidazole rings is 1. The van der Waals surface area contributed by atoms with E-state index in [0.717, 1.165) is 32.4 Å². The third-order valence-electron chi connectivity index (χ3n) is 6.19. The summed E-state index contributed by atoms with van der Waals surface area (Å²) in [5, 5.41) is 11.3. The van der Waals surface area contributed by atoms with Crippen LogP contribution < -0.4 is 5.32 Å². The molecule has 6 heterocycles. The van der Waals surface area contributed by atoms with Crippen LogP contribution in [0.1, 0.15) is 36.9 Å². The normalized spacial score (nSPS) is 11.5. The lowest BCUT2D eigenvalue weighted by molar-refractivity contribution is -0.116. The second-order valence-electron chi connectivity index (χ2n) is 9.66. The number of ketones is 1. The molecule has 6 aromatic heterocycles. The van der Waals surface area contributed by atoms with Crippen molar-refractivity contribution >= 4 is 50.8 Å². The summed E-state index contributed by atoms with van der Waals surface area (Å²) in [6, 6.07) is 9.45. The maximum absolute atomic E-state index is 12.2. The van der Waals surface area contributed by atoms with Crippen molar-refractivity contribution in [2.24, 2.45) is 5.92 Å². The fourth-order valence-corrected chi connectivity index (χ4v) is 5.32. The van der Waals surface area contributed by atoms with Crippen molar-refractivity contribution in [3.05, 3.63) is 60.0 Å². The highest BCUT2D eigenvalue weighted by atomic mass is 32.1. The van der Waals surface area contributed by atoms with E-state index in [0.29, 0.717) is 39.8 Å². The molecule has 0 saturated heterocycles. The monoisotopic (exact) mass is 536 g/mol. The highest BCUT2D eigenvalue weighted by molar-refractivity contribution is 7.17. The second-order valence-corrected chi connectivity index (χ2v) is 10.7. The van der Waals surface area contributed by atoms with E-state index < -0.39 is 0 Å². The second kappa shape index (κ2) is 9.84. The Morgan fingerprint density at radius 1 is 1.08 bits per heavy atom. The summed E-state index contributed by atoms with van der Waals surface area (Å²) in [7, 11) is 0. The molecule has 0 fully saturated rings. The van der Waals surface area contributed by atoms with Crippen molar-refractivity contribution in [3.63, 3.8) is 0 Å². The van der Waals surface area contributed by atoms with E-state index >= 15 is 0 Å². The Bertz CT molecular complexity index is 1870. The molecule has 0 saturated carbocycles. The molecule has 10 nitrogen and oxygen atoms in total. The molecule has 0 atom stereocenters. The molecule has 3 N–H and O–H groups in total. The molecular weight excluding hydrogens is 512 g/mol. The number of rotatable bonds is 7. The first kappa shape index (κ1) is 24.6. The Balaban J connectivity index is 1.37. The van der Waals surface area contributed by atoms with Crippen LogP contribution in [0.15, 0.2) is 55.1 Å². The zero-order valence-corrected chi connectivity index (χ0v) is 22.3. The number of hydrogen-bond donors (Lipinski definition) is 3. The number of H-pyrrole nitrogens is 2.